The summed E-state index contributed by atoms with van der Waals surface area (Å²) in [4.78, 5) is 20.6. The third-order valence-electron chi connectivity index (χ3n) is 2.99. The summed E-state index contributed by atoms with van der Waals surface area (Å²) in [5.74, 6) is 0.683. The summed E-state index contributed by atoms with van der Waals surface area (Å²) in [6.07, 6.45) is 1.58. The Morgan fingerprint density at radius 1 is 1.32 bits per heavy atom. The zero-order chi connectivity index (χ0) is 16.1. The van der Waals surface area contributed by atoms with Crippen molar-refractivity contribution < 1.29 is 4.79 Å². The van der Waals surface area contributed by atoms with Crippen LogP contribution in [0.3, 0.4) is 0 Å². The molecule has 0 bridgehead atoms. The van der Waals surface area contributed by atoms with Crippen molar-refractivity contribution in [2.45, 2.75) is 20.8 Å². The van der Waals surface area contributed by atoms with Gasteiger partial charge in [-0.3, -0.25) is 4.79 Å². The highest BCUT2D eigenvalue weighted by molar-refractivity contribution is 9.10. The van der Waals surface area contributed by atoms with E-state index in [1.165, 1.54) is 0 Å². The number of carbonyl (C=O) groups excluding carboxylic acids is 1. The standard InChI is InChI=1S/C16H19BrN4O/c1-10(2)9-19-16-18-7-6-14(21-16)15(22)20-12-5-4-11(3)13(17)8-12/h4-8,10H,9H2,1-3H3,(H,20,22)(H,18,19,21). The Labute approximate surface area is 138 Å². The van der Waals surface area contributed by atoms with Crippen LogP contribution < -0.4 is 10.6 Å². The molecule has 22 heavy (non-hydrogen) atoms. The first-order valence-electron chi connectivity index (χ1n) is 7.10. The summed E-state index contributed by atoms with van der Waals surface area (Å²) >= 11 is 3.45. The molecule has 0 radical (unpaired) electrons. The molecule has 2 N–H and O–H groups in total. The molecule has 0 fully saturated rings. The normalized spacial score (nSPS) is 10.6. The molecule has 0 aliphatic heterocycles. The molecule has 2 aromatic rings. The third-order valence-corrected chi connectivity index (χ3v) is 3.84. The van der Waals surface area contributed by atoms with E-state index in [1.807, 2.05) is 25.1 Å². The smallest absolute Gasteiger partial charge is 0.274 e. The molecule has 5 nitrogen and oxygen atoms in total. The predicted octanol–water partition coefficient (Wildman–Crippen LogP) is 3.87. The van der Waals surface area contributed by atoms with E-state index in [4.69, 9.17) is 0 Å². The van der Waals surface area contributed by atoms with Crippen LogP contribution in [0.25, 0.3) is 0 Å². The Bertz CT molecular complexity index is 673. The lowest BCUT2D eigenvalue weighted by Crippen LogP contribution is -2.16. The maximum Gasteiger partial charge on any atom is 0.274 e. The first kappa shape index (κ1) is 16.4. The van der Waals surface area contributed by atoms with E-state index in [2.05, 4.69) is 50.4 Å². The van der Waals surface area contributed by atoms with Gasteiger partial charge < -0.3 is 10.6 Å². The summed E-state index contributed by atoms with van der Waals surface area (Å²) in [7, 11) is 0. The molecule has 0 saturated carbocycles. The number of anilines is 2. The first-order valence-corrected chi connectivity index (χ1v) is 7.89. The number of nitrogens with zero attached hydrogens (tertiary/aromatic N) is 2. The largest absolute Gasteiger partial charge is 0.354 e. The molecule has 0 spiro atoms. The van der Waals surface area contributed by atoms with Gasteiger partial charge in [0.05, 0.1) is 0 Å². The molecule has 1 aromatic carbocycles. The van der Waals surface area contributed by atoms with Crippen molar-refractivity contribution in [1.29, 1.82) is 0 Å². The Morgan fingerprint density at radius 3 is 2.77 bits per heavy atom. The van der Waals surface area contributed by atoms with Crippen LogP contribution in [0.1, 0.15) is 29.9 Å². The SMILES string of the molecule is Cc1ccc(NC(=O)c2ccnc(NCC(C)C)n2)cc1Br. The second kappa shape index (κ2) is 7.35. The zero-order valence-corrected chi connectivity index (χ0v) is 14.4. The third kappa shape index (κ3) is 4.53. The summed E-state index contributed by atoms with van der Waals surface area (Å²) < 4.78 is 0.951. The maximum atomic E-state index is 12.3. The van der Waals surface area contributed by atoms with Gasteiger partial charge in [0.2, 0.25) is 5.95 Å². The minimum absolute atomic E-state index is 0.259. The van der Waals surface area contributed by atoms with E-state index in [9.17, 15) is 4.79 Å². The lowest BCUT2D eigenvalue weighted by molar-refractivity contribution is 0.102. The highest BCUT2D eigenvalue weighted by Gasteiger charge is 2.10. The van der Waals surface area contributed by atoms with Crippen LogP contribution in [-0.2, 0) is 0 Å². The number of rotatable bonds is 5. The van der Waals surface area contributed by atoms with Crippen molar-refractivity contribution >= 4 is 33.5 Å². The molecular weight excluding hydrogens is 344 g/mol. The highest BCUT2D eigenvalue weighted by atomic mass is 79.9. The summed E-state index contributed by atoms with van der Waals surface area (Å²) in [5.41, 5.74) is 2.16. The molecule has 1 amide bonds. The first-order chi connectivity index (χ1) is 10.5. The number of hydrogen-bond donors (Lipinski definition) is 2. The monoisotopic (exact) mass is 362 g/mol. The van der Waals surface area contributed by atoms with Crippen molar-refractivity contribution in [1.82, 2.24) is 9.97 Å². The van der Waals surface area contributed by atoms with E-state index in [-0.39, 0.29) is 5.91 Å². The predicted molar refractivity (Wildman–Crippen MR) is 92.2 cm³/mol. The van der Waals surface area contributed by atoms with Crippen LogP contribution in [-0.4, -0.2) is 22.4 Å². The Kier molecular flexibility index (Phi) is 5.49. The summed E-state index contributed by atoms with van der Waals surface area (Å²) in [6, 6.07) is 7.26. The molecule has 116 valence electrons. The Balaban J connectivity index is 2.08. The van der Waals surface area contributed by atoms with Gasteiger partial charge in [-0.2, -0.15) is 0 Å². The molecule has 0 saturated heterocycles. The minimum atomic E-state index is -0.259. The van der Waals surface area contributed by atoms with Crippen LogP contribution in [0.4, 0.5) is 11.6 Å². The quantitative estimate of drug-likeness (QED) is 0.846. The average molecular weight is 363 g/mol. The van der Waals surface area contributed by atoms with Crippen molar-refractivity contribution in [3.8, 4) is 0 Å². The topological polar surface area (TPSA) is 66.9 Å². The van der Waals surface area contributed by atoms with Gasteiger partial charge in [0.15, 0.2) is 0 Å². The number of hydrogen-bond acceptors (Lipinski definition) is 4. The summed E-state index contributed by atoms with van der Waals surface area (Å²) in [5, 5.41) is 5.94. The van der Waals surface area contributed by atoms with Crippen LogP contribution in [0.2, 0.25) is 0 Å². The fourth-order valence-electron chi connectivity index (χ4n) is 1.73. The van der Waals surface area contributed by atoms with E-state index in [0.29, 0.717) is 17.6 Å². The average Bonchev–Trinajstić information content (AvgIpc) is 2.49. The van der Waals surface area contributed by atoms with Crippen molar-refractivity contribution in [2.24, 2.45) is 5.92 Å². The molecule has 0 unspecified atom stereocenters. The van der Waals surface area contributed by atoms with Crippen LogP contribution in [0, 0.1) is 12.8 Å². The molecule has 0 atom stereocenters. The number of halogens is 1. The Hall–Kier alpha value is -1.95. The highest BCUT2D eigenvalue weighted by Crippen LogP contribution is 2.21. The second-order valence-electron chi connectivity index (χ2n) is 5.46. The molecular formula is C16H19BrN4O. The number of carbonyl (C=O) groups is 1. The van der Waals surface area contributed by atoms with Gasteiger partial charge in [0.25, 0.3) is 5.91 Å². The molecule has 6 heteroatoms. The van der Waals surface area contributed by atoms with Crippen molar-refractivity contribution in [2.75, 3.05) is 17.2 Å². The van der Waals surface area contributed by atoms with E-state index in [1.54, 1.807) is 12.3 Å². The molecule has 0 aliphatic carbocycles. The van der Waals surface area contributed by atoms with Crippen LogP contribution in [0.15, 0.2) is 34.9 Å². The number of nitrogens with one attached hydrogen (secondary N) is 2. The van der Waals surface area contributed by atoms with Gasteiger partial charge in [-0.15, -0.1) is 0 Å². The van der Waals surface area contributed by atoms with E-state index >= 15 is 0 Å². The molecule has 2 rings (SSSR count). The van der Waals surface area contributed by atoms with Crippen LogP contribution in [0.5, 0.6) is 0 Å². The van der Waals surface area contributed by atoms with Gasteiger partial charge in [-0.05, 0) is 36.6 Å². The van der Waals surface area contributed by atoms with Crippen molar-refractivity contribution in [3.63, 3.8) is 0 Å². The number of amides is 1. The van der Waals surface area contributed by atoms with Crippen LogP contribution >= 0.6 is 15.9 Å². The minimum Gasteiger partial charge on any atom is -0.354 e. The molecule has 1 heterocycles. The Morgan fingerprint density at radius 2 is 2.09 bits per heavy atom. The number of benzene rings is 1. The van der Waals surface area contributed by atoms with Gasteiger partial charge in [0, 0.05) is 22.9 Å². The fraction of sp³-hybridized carbons (Fsp3) is 0.312. The van der Waals surface area contributed by atoms with Gasteiger partial charge >= 0.3 is 0 Å². The molecule has 0 aliphatic rings. The molecule has 1 aromatic heterocycles. The van der Waals surface area contributed by atoms with Gasteiger partial charge in [0.1, 0.15) is 5.69 Å². The number of aryl methyl sites for hydroxylation is 1. The number of aromatic nitrogens is 2. The summed E-state index contributed by atoms with van der Waals surface area (Å²) in [6.45, 7) is 6.94. The van der Waals surface area contributed by atoms with Crippen molar-refractivity contribution in [3.05, 3.63) is 46.2 Å². The lowest BCUT2D eigenvalue weighted by Gasteiger charge is -2.09. The maximum absolute atomic E-state index is 12.3. The van der Waals surface area contributed by atoms with E-state index < -0.39 is 0 Å². The fourth-order valence-corrected chi connectivity index (χ4v) is 2.11. The lowest BCUT2D eigenvalue weighted by atomic mass is 10.2. The van der Waals surface area contributed by atoms with Gasteiger partial charge in [-0.1, -0.05) is 35.8 Å². The zero-order valence-electron chi connectivity index (χ0n) is 12.9. The second-order valence-corrected chi connectivity index (χ2v) is 6.31. The van der Waals surface area contributed by atoms with E-state index in [0.717, 1.165) is 22.3 Å². The van der Waals surface area contributed by atoms with Gasteiger partial charge in [-0.25, -0.2) is 9.97 Å².